The molecule has 3 aromatic rings. The number of benzene rings is 2. The molecule has 1 aliphatic heterocycles. The van der Waals surface area contributed by atoms with Crippen molar-refractivity contribution in [3.05, 3.63) is 66.5 Å². The minimum absolute atomic E-state index is 0.0512. The number of rotatable bonds is 5. The predicted octanol–water partition coefficient (Wildman–Crippen LogP) is 3.51. The first-order valence-corrected chi connectivity index (χ1v) is 10.2. The molecule has 144 valence electrons. The van der Waals surface area contributed by atoms with Crippen LogP contribution < -0.4 is 9.47 Å². The molecule has 1 atom stereocenters. The maximum absolute atomic E-state index is 12.8. The van der Waals surface area contributed by atoms with E-state index in [-0.39, 0.29) is 12.0 Å². The van der Waals surface area contributed by atoms with Crippen LogP contribution in [0.3, 0.4) is 0 Å². The molecule has 1 aromatic heterocycles. The molecule has 0 aliphatic carbocycles. The van der Waals surface area contributed by atoms with Crippen molar-refractivity contribution >= 4 is 17.7 Å². The number of likely N-dealkylation sites (N-methyl/N-ethyl adjacent to an activating group) is 1. The normalized spacial score (nSPS) is 15.3. The Morgan fingerprint density at radius 2 is 1.96 bits per heavy atom. The molecule has 4 rings (SSSR count). The SMILES string of the molecule is CSc1nccn1-c1ccc(C(=O)N(C)CC2COc3ccccc3O2)cc1. The Morgan fingerprint density at radius 3 is 2.71 bits per heavy atom. The third-order valence-electron chi connectivity index (χ3n) is 4.57. The van der Waals surface area contributed by atoms with Gasteiger partial charge in [0.1, 0.15) is 6.61 Å². The van der Waals surface area contributed by atoms with Gasteiger partial charge in [0.25, 0.3) is 5.91 Å². The maximum Gasteiger partial charge on any atom is 0.253 e. The van der Waals surface area contributed by atoms with Crippen molar-refractivity contribution in [2.45, 2.75) is 11.3 Å². The average molecular weight is 395 g/mol. The minimum atomic E-state index is -0.196. The number of amides is 1. The van der Waals surface area contributed by atoms with E-state index in [0.29, 0.717) is 24.5 Å². The highest BCUT2D eigenvalue weighted by atomic mass is 32.2. The summed E-state index contributed by atoms with van der Waals surface area (Å²) in [6.07, 6.45) is 5.47. The first-order valence-electron chi connectivity index (χ1n) is 8.97. The van der Waals surface area contributed by atoms with Crippen LogP contribution in [0.2, 0.25) is 0 Å². The van der Waals surface area contributed by atoms with Crippen LogP contribution in [0.5, 0.6) is 11.5 Å². The van der Waals surface area contributed by atoms with Crippen LogP contribution in [0.1, 0.15) is 10.4 Å². The highest BCUT2D eigenvalue weighted by Crippen LogP contribution is 2.31. The van der Waals surface area contributed by atoms with Gasteiger partial charge in [-0.3, -0.25) is 9.36 Å². The van der Waals surface area contributed by atoms with Crippen LogP contribution in [-0.2, 0) is 0 Å². The summed E-state index contributed by atoms with van der Waals surface area (Å²) in [4.78, 5) is 18.8. The number of carbonyl (C=O) groups is 1. The van der Waals surface area contributed by atoms with E-state index in [1.54, 1.807) is 29.9 Å². The topological polar surface area (TPSA) is 56.6 Å². The lowest BCUT2D eigenvalue weighted by molar-refractivity contribution is 0.0521. The number of nitrogens with zero attached hydrogens (tertiary/aromatic N) is 3. The number of aromatic nitrogens is 2. The molecule has 0 fully saturated rings. The lowest BCUT2D eigenvalue weighted by atomic mass is 10.1. The van der Waals surface area contributed by atoms with Crippen molar-refractivity contribution in [3.8, 4) is 17.2 Å². The van der Waals surface area contributed by atoms with Crippen LogP contribution in [0.4, 0.5) is 0 Å². The maximum atomic E-state index is 12.8. The van der Waals surface area contributed by atoms with Crippen LogP contribution in [0.15, 0.2) is 66.1 Å². The van der Waals surface area contributed by atoms with Gasteiger partial charge < -0.3 is 14.4 Å². The highest BCUT2D eigenvalue weighted by molar-refractivity contribution is 7.98. The molecule has 1 amide bonds. The van der Waals surface area contributed by atoms with Gasteiger partial charge in [0.15, 0.2) is 22.8 Å². The Labute approximate surface area is 168 Å². The summed E-state index contributed by atoms with van der Waals surface area (Å²) in [6, 6.07) is 15.1. The summed E-state index contributed by atoms with van der Waals surface area (Å²) in [5.74, 6) is 1.41. The molecule has 6 nitrogen and oxygen atoms in total. The molecule has 7 heteroatoms. The largest absolute Gasteiger partial charge is 0.486 e. The summed E-state index contributed by atoms with van der Waals surface area (Å²) in [6.45, 7) is 0.874. The monoisotopic (exact) mass is 395 g/mol. The Bertz CT molecular complexity index is 971. The molecule has 0 radical (unpaired) electrons. The Balaban J connectivity index is 1.41. The molecular weight excluding hydrogens is 374 g/mol. The second-order valence-corrected chi connectivity index (χ2v) is 7.29. The molecule has 1 unspecified atom stereocenters. The first-order chi connectivity index (χ1) is 13.7. The molecular formula is C21H21N3O3S. The fourth-order valence-electron chi connectivity index (χ4n) is 3.16. The molecule has 28 heavy (non-hydrogen) atoms. The van der Waals surface area contributed by atoms with Crippen molar-refractivity contribution in [2.75, 3.05) is 26.5 Å². The van der Waals surface area contributed by atoms with Crippen LogP contribution in [0, 0.1) is 0 Å². The zero-order valence-electron chi connectivity index (χ0n) is 15.7. The fraction of sp³-hybridized carbons (Fsp3) is 0.238. The van der Waals surface area contributed by atoms with E-state index < -0.39 is 0 Å². The number of thioether (sulfide) groups is 1. The summed E-state index contributed by atoms with van der Waals surface area (Å²) >= 11 is 1.58. The van der Waals surface area contributed by atoms with E-state index in [4.69, 9.17) is 9.47 Å². The number of hydrogen-bond acceptors (Lipinski definition) is 5. The van der Waals surface area contributed by atoms with Gasteiger partial charge in [0.05, 0.1) is 6.54 Å². The number of fused-ring (bicyclic) bond motifs is 1. The van der Waals surface area contributed by atoms with Crippen LogP contribution >= 0.6 is 11.8 Å². The molecule has 1 aliphatic rings. The van der Waals surface area contributed by atoms with Crippen molar-refractivity contribution in [2.24, 2.45) is 0 Å². The molecule has 0 saturated heterocycles. The molecule has 0 spiro atoms. The molecule has 0 saturated carbocycles. The Hall–Kier alpha value is -2.93. The van der Waals surface area contributed by atoms with E-state index in [0.717, 1.165) is 16.6 Å². The molecule has 0 N–H and O–H groups in total. The lowest BCUT2D eigenvalue weighted by Crippen LogP contribution is -2.41. The third-order valence-corrected chi connectivity index (χ3v) is 5.24. The summed E-state index contributed by atoms with van der Waals surface area (Å²) in [7, 11) is 1.78. The van der Waals surface area contributed by atoms with Gasteiger partial charge in [-0.2, -0.15) is 0 Å². The van der Waals surface area contributed by atoms with Gasteiger partial charge in [-0.05, 0) is 42.7 Å². The van der Waals surface area contributed by atoms with Crippen LogP contribution in [-0.4, -0.2) is 52.9 Å². The van der Waals surface area contributed by atoms with E-state index in [1.165, 1.54) is 0 Å². The lowest BCUT2D eigenvalue weighted by Gasteiger charge is -2.29. The first kappa shape index (κ1) is 18.4. The fourth-order valence-corrected chi connectivity index (χ4v) is 3.69. The van der Waals surface area contributed by atoms with Gasteiger partial charge in [-0.15, -0.1) is 0 Å². The van der Waals surface area contributed by atoms with E-state index >= 15 is 0 Å². The van der Waals surface area contributed by atoms with Gasteiger partial charge in [0.2, 0.25) is 0 Å². The number of para-hydroxylation sites is 2. The number of hydrogen-bond donors (Lipinski definition) is 0. The zero-order valence-corrected chi connectivity index (χ0v) is 16.6. The molecule has 2 aromatic carbocycles. The number of carbonyl (C=O) groups excluding carboxylic acids is 1. The van der Waals surface area contributed by atoms with Gasteiger partial charge in [-0.1, -0.05) is 23.9 Å². The zero-order chi connectivity index (χ0) is 19.5. The Kier molecular flexibility index (Phi) is 5.25. The summed E-state index contributed by atoms with van der Waals surface area (Å²) in [5.41, 5.74) is 1.61. The molecule has 0 bridgehead atoms. The highest BCUT2D eigenvalue weighted by Gasteiger charge is 2.24. The summed E-state index contributed by atoms with van der Waals surface area (Å²) < 4.78 is 13.7. The molecule has 2 heterocycles. The van der Waals surface area contributed by atoms with Gasteiger partial charge in [-0.25, -0.2) is 4.98 Å². The quantitative estimate of drug-likeness (QED) is 0.619. The van der Waals surface area contributed by atoms with Gasteiger partial charge >= 0.3 is 0 Å². The predicted molar refractivity (Wildman–Crippen MR) is 109 cm³/mol. The second-order valence-electron chi connectivity index (χ2n) is 6.51. The van der Waals surface area contributed by atoms with Crippen molar-refractivity contribution in [1.29, 1.82) is 0 Å². The van der Waals surface area contributed by atoms with E-state index in [1.807, 2.05) is 65.6 Å². The standard InChI is InChI=1S/C21H21N3O3S/c1-23(13-17-14-26-18-5-3-4-6-19(18)27-17)20(25)15-7-9-16(10-8-15)24-12-11-22-21(24)28-2/h3-12,17H,13-14H2,1-2H3. The average Bonchev–Trinajstić information content (AvgIpc) is 3.22. The summed E-state index contributed by atoms with van der Waals surface area (Å²) in [5, 5.41) is 0.908. The third kappa shape index (κ3) is 3.71. The smallest absolute Gasteiger partial charge is 0.253 e. The van der Waals surface area contributed by atoms with Crippen molar-refractivity contribution in [3.63, 3.8) is 0 Å². The van der Waals surface area contributed by atoms with Crippen LogP contribution in [0.25, 0.3) is 5.69 Å². The second kappa shape index (κ2) is 7.98. The van der Waals surface area contributed by atoms with Crippen molar-refractivity contribution in [1.82, 2.24) is 14.5 Å². The Morgan fingerprint density at radius 1 is 1.21 bits per heavy atom. The van der Waals surface area contributed by atoms with E-state index in [9.17, 15) is 4.79 Å². The minimum Gasteiger partial charge on any atom is -0.486 e. The number of ether oxygens (including phenoxy) is 2. The van der Waals surface area contributed by atoms with Crippen molar-refractivity contribution < 1.29 is 14.3 Å². The number of imidazole rings is 1. The van der Waals surface area contributed by atoms with E-state index in [2.05, 4.69) is 4.98 Å². The van der Waals surface area contributed by atoms with Gasteiger partial charge in [0, 0.05) is 30.7 Å².